The van der Waals surface area contributed by atoms with Crippen molar-refractivity contribution in [2.24, 2.45) is 5.92 Å². The average Bonchev–Trinajstić information content (AvgIpc) is 2.62. The van der Waals surface area contributed by atoms with Crippen LogP contribution >= 0.6 is 0 Å². The molecule has 4 heteroatoms. The number of methoxy groups -OCH3 is 1. The van der Waals surface area contributed by atoms with Crippen LogP contribution in [0.2, 0.25) is 0 Å². The number of hydrogen-bond donors (Lipinski definition) is 1. The molecule has 1 aliphatic heterocycles. The number of benzene rings is 2. The van der Waals surface area contributed by atoms with Crippen LogP contribution in [0.4, 0.5) is 0 Å². The highest BCUT2D eigenvalue weighted by Gasteiger charge is 2.30. The number of phenols is 1. The van der Waals surface area contributed by atoms with Crippen molar-refractivity contribution < 1.29 is 14.6 Å². The van der Waals surface area contributed by atoms with E-state index in [1.807, 2.05) is 12.1 Å². The molecule has 0 aromatic heterocycles. The van der Waals surface area contributed by atoms with Gasteiger partial charge in [-0.25, -0.2) is 0 Å². The molecule has 1 N–H and O–H groups in total. The van der Waals surface area contributed by atoms with Crippen LogP contribution < -0.4 is 4.74 Å². The number of hydrogen-bond acceptors (Lipinski definition) is 4. The highest BCUT2D eigenvalue weighted by molar-refractivity contribution is 5.39. The van der Waals surface area contributed by atoms with Gasteiger partial charge < -0.3 is 14.6 Å². The Morgan fingerprint density at radius 2 is 1.92 bits per heavy atom. The molecule has 2 aromatic carbocycles. The first kappa shape index (κ1) is 17.8. The molecule has 0 saturated carbocycles. The molecule has 0 spiro atoms. The van der Waals surface area contributed by atoms with Crippen molar-refractivity contribution in [2.75, 3.05) is 20.2 Å². The van der Waals surface area contributed by atoms with Crippen LogP contribution in [0, 0.1) is 5.92 Å². The van der Waals surface area contributed by atoms with E-state index in [1.54, 1.807) is 19.2 Å². The minimum Gasteiger partial charge on any atom is -0.508 e. The lowest BCUT2D eigenvalue weighted by molar-refractivity contribution is -0.108. The molecule has 1 fully saturated rings. The van der Waals surface area contributed by atoms with E-state index in [1.165, 1.54) is 5.56 Å². The Morgan fingerprint density at radius 3 is 2.60 bits per heavy atom. The largest absolute Gasteiger partial charge is 0.508 e. The van der Waals surface area contributed by atoms with Crippen LogP contribution in [0.1, 0.15) is 31.1 Å². The molecule has 25 heavy (non-hydrogen) atoms. The molecule has 3 rings (SSSR count). The van der Waals surface area contributed by atoms with E-state index >= 15 is 0 Å². The monoisotopic (exact) mass is 341 g/mol. The van der Waals surface area contributed by atoms with E-state index in [0.29, 0.717) is 5.92 Å². The lowest BCUT2D eigenvalue weighted by atomic mass is 10.0. The fourth-order valence-corrected chi connectivity index (χ4v) is 3.34. The van der Waals surface area contributed by atoms with Crippen molar-refractivity contribution in [3.8, 4) is 11.5 Å². The molecule has 1 heterocycles. The molecule has 0 amide bonds. The normalized spacial score (nSPS) is 21.4. The van der Waals surface area contributed by atoms with Crippen molar-refractivity contribution in [2.45, 2.75) is 32.6 Å². The molecule has 0 radical (unpaired) electrons. The first-order valence-corrected chi connectivity index (χ1v) is 8.85. The maximum Gasteiger partial charge on any atom is 0.123 e. The van der Waals surface area contributed by atoms with Gasteiger partial charge in [0, 0.05) is 25.2 Å². The van der Waals surface area contributed by atoms with Gasteiger partial charge in [-0.2, -0.15) is 0 Å². The number of aromatic hydroxyl groups is 1. The van der Waals surface area contributed by atoms with E-state index < -0.39 is 0 Å². The van der Waals surface area contributed by atoms with Crippen LogP contribution in [-0.4, -0.2) is 36.3 Å². The number of nitrogens with zero attached hydrogens (tertiary/aromatic N) is 1. The van der Waals surface area contributed by atoms with Gasteiger partial charge in [0.15, 0.2) is 0 Å². The lowest BCUT2D eigenvalue weighted by Crippen LogP contribution is -2.45. The second-order valence-electron chi connectivity index (χ2n) is 7.01. The Balaban J connectivity index is 1.81. The number of rotatable bonds is 5. The van der Waals surface area contributed by atoms with Crippen LogP contribution in [-0.2, 0) is 11.3 Å². The van der Waals surface area contributed by atoms with Gasteiger partial charge in [-0.05, 0) is 29.7 Å². The van der Waals surface area contributed by atoms with Gasteiger partial charge in [0.1, 0.15) is 11.5 Å². The molecule has 1 aliphatic rings. The summed E-state index contributed by atoms with van der Waals surface area (Å²) in [6.45, 7) is 6.83. The summed E-state index contributed by atoms with van der Waals surface area (Å²) >= 11 is 0. The van der Waals surface area contributed by atoms with Crippen molar-refractivity contribution in [1.29, 1.82) is 0 Å². The Morgan fingerprint density at radius 1 is 1.16 bits per heavy atom. The van der Waals surface area contributed by atoms with Gasteiger partial charge in [-0.15, -0.1) is 0 Å². The zero-order valence-electron chi connectivity index (χ0n) is 15.2. The van der Waals surface area contributed by atoms with Gasteiger partial charge in [-0.1, -0.05) is 44.2 Å². The highest BCUT2D eigenvalue weighted by atomic mass is 16.5. The fraction of sp³-hybridized carbons (Fsp3) is 0.429. The molecule has 134 valence electrons. The van der Waals surface area contributed by atoms with Gasteiger partial charge in [0.25, 0.3) is 0 Å². The van der Waals surface area contributed by atoms with Crippen LogP contribution in [0.25, 0.3) is 0 Å². The standard InChI is InChI=1S/C21H27NO3/c1-15(2)20-13-22(12-17-11-18(23)9-10-19(17)24-3)14-21(25-20)16-7-5-4-6-8-16/h4-11,15,20-21,23H,12-14H2,1-3H3/t20-,21+/m1/s1. The maximum atomic E-state index is 9.83. The van der Waals surface area contributed by atoms with Gasteiger partial charge in [-0.3, -0.25) is 4.90 Å². The van der Waals surface area contributed by atoms with E-state index in [-0.39, 0.29) is 18.0 Å². The summed E-state index contributed by atoms with van der Waals surface area (Å²) in [6, 6.07) is 15.7. The van der Waals surface area contributed by atoms with Gasteiger partial charge in [0.05, 0.1) is 19.3 Å². The minimum absolute atomic E-state index is 0.0608. The molecular formula is C21H27NO3. The van der Waals surface area contributed by atoms with Crippen molar-refractivity contribution in [1.82, 2.24) is 4.90 Å². The second kappa shape index (κ2) is 7.89. The molecule has 0 unspecified atom stereocenters. The topological polar surface area (TPSA) is 41.9 Å². The summed E-state index contributed by atoms with van der Waals surface area (Å²) in [7, 11) is 1.67. The predicted molar refractivity (Wildman–Crippen MR) is 98.8 cm³/mol. The summed E-state index contributed by atoms with van der Waals surface area (Å²) in [5.74, 6) is 1.52. The zero-order chi connectivity index (χ0) is 17.8. The zero-order valence-corrected chi connectivity index (χ0v) is 15.2. The van der Waals surface area contributed by atoms with Gasteiger partial charge >= 0.3 is 0 Å². The Hall–Kier alpha value is -2.04. The van der Waals surface area contributed by atoms with Crippen LogP contribution in [0.3, 0.4) is 0 Å². The van der Waals surface area contributed by atoms with E-state index in [4.69, 9.17) is 9.47 Å². The predicted octanol–water partition coefficient (Wildman–Crippen LogP) is 4.00. The molecule has 2 atom stereocenters. The third-order valence-corrected chi connectivity index (χ3v) is 4.77. The number of ether oxygens (including phenoxy) is 2. The first-order chi connectivity index (χ1) is 12.1. The van der Waals surface area contributed by atoms with E-state index in [9.17, 15) is 5.11 Å². The molecular weight excluding hydrogens is 314 g/mol. The second-order valence-corrected chi connectivity index (χ2v) is 7.01. The maximum absolute atomic E-state index is 9.83. The number of morpholine rings is 1. The summed E-state index contributed by atoms with van der Waals surface area (Å²) in [5.41, 5.74) is 2.21. The summed E-state index contributed by atoms with van der Waals surface area (Å²) in [6.07, 6.45) is 0.243. The third-order valence-electron chi connectivity index (χ3n) is 4.77. The Bertz CT molecular complexity index is 687. The van der Waals surface area contributed by atoms with E-state index in [0.717, 1.165) is 30.9 Å². The van der Waals surface area contributed by atoms with Crippen molar-refractivity contribution in [3.05, 3.63) is 59.7 Å². The molecule has 1 saturated heterocycles. The van der Waals surface area contributed by atoms with Crippen LogP contribution in [0.5, 0.6) is 11.5 Å². The van der Waals surface area contributed by atoms with E-state index in [2.05, 4.69) is 43.0 Å². The first-order valence-electron chi connectivity index (χ1n) is 8.85. The molecule has 0 bridgehead atoms. The van der Waals surface area contributed by atoms with Crippen molar-refractivity contribution in [3.63, 3.8) is 0 Å². The highest BCUT2D eigenvalue weighted by Crippen LogP contribution is 2.31. The third kappa shape index (κ3) is 4.33. The Labute approximate surface area is 150 Å². The van der Waals surface area contributed by atoms with Crippen molar-refractivity contribution >= 4 is 0 Å². The summed E-state index contributed by atoms with van der Waals surface area (Å²) in [4.78, 5) is 2.39. The SMILES string of the molecule is COc1ccc(O)cc1CN1C[C@@H](c2ccccc2)O[C@@H](C(C)C)C1. The smallest absolute Gasteiger partial charge is 0.123 e. The lowest BCUT2D eigenvalue weighted by Gasteiger charge is -2.40. The minimum atomic E-state index is 0.0608. The molecule has 2 aromatic rings. The van der Waals surface area contributed by atoms with Crippen LogP contribution in [0.15, 0.2) is 48.5 Å². The summed E-state index contributed by atoms with van der Waals surface area (Å²) < 4.78 is 11.8. The quantitative estimate of drug-likeness (QED) is 0.892. The Kier molecular flexibility index (Phi) is 5.61. The molecule has 0 aliphatic carbocycles. The molecule has 4 nitrogen and oxygen atoms in total. The fourth-order valence-electron chi connectivity index (χ4n) is 3.34. The number of phenolic OH excluding ortho intramolecular Hbond substituents is 1. The van der Waals surface area contributed by atoms with Gasteiger partial charge in [0.2, 0.25) is 0 Å². The summed E-state index contributed by atoms with van der Waals surface area (Å²) in [5, 5.41) is 9.83. The average molecular weight is 341 g/mol.